The molecule has 0 radical (unpaired) electrons. The molecule has 9 heteroatoms. The van der Waals surface area contributed by atoms with Gasteiger partial charge in [0.05, 0.1) is 29.1 Å². The number of aromatic nitrogens is 2. The van der Waals surface area contributed by atoms with Gasteiger partial charge in [-0.1, -0.05) is 49.6 Å². The number of carbonyl (C=O) groups excluding carboxylic acids is 2. The van der Waals surface area contributed by atoms with Gasteiger partial charge >= 0.3 is 5.97 Å². The predicted molar refractivity (Wildman–Crippen MR) is 158 cm³/mol. The molecule has 41 heavy (non-hydrogen) atoms. The number of anilines is 1. The van der Waals surface area contributed by atoms with E-state index < -0.39 is 23.3 Å². The highest BCUT2D eigenvalue weighted by atomic mass is 16.4. The van der Waals surface area contributed by atoms with Crippen LogP contribution in [0.4, 0.5) is 5.69 Å². The molecule has 1 aliphatic rings. The maximum absolute atomic E-state index is 13.8. The number of rotatable bonds is 8. The molecule has 5 rings (SSSR count). The van der Waals surface area contributed by atoms with Gasteiger partial charge in [-0.25, -0.2) is 4.68 Å². The molecule has 0 aliphatic heterocycles. The largest absolute Gasteiger partial charge is 0.481 e. The van der Waals surface area contributed by atoms with Gasteiger partial charge in [0.2, 0.25) is 5.91 Å². The maximum Gasteiger partial charge on any atom is 0.307 e. The van der Waals surface area contributed by atoms with Gasteiger partial charge in [-0.05, 0) is 74.7 Å². The van der Waals surface area contributed by atoms with Crippen LogP contribution in [-0.4, -0.2) is 37.8 Å². The fraction of sp³-hybridized carbons (Fsp3) is 0.312. The minimum Gasteiger partial charge on any atom is -0.481 e. The fourth-order valence-corrected chi connectivity index (χ4v) is 5.45. The van der Waals surface area contributed by atoms with Crippen molar-refractivity contribution in [2.24, 2.45) is 0 Å². The lowest BCUT2D eigenvalue weighted by Crippen LogP contribution is -2.52. The summed E-state index contributed by atoms with van der Waals surface area (Å²) in [5.41, 5.74) is 1.49. The molecule has 3 N–H and O–H groups in total. The molecular formula is C32H34N4O5. The van der Waals surface area contributed by atoms with Crippen molar-refractivity contribution in [1.29, 1.82) is 0 Å². The second-order valence-electron chi connectivity index (χ2n) is 11.1. The summed E-state index contributed by atoms with van der Waals surface area (Å²) in [6, 6.07) is 21.4. The van der Waals surface area contributed by atoms with E-state index in [2.05, 4.69) is 15.3 Å². The van der Waals surface area contributed by atoms with Gasteiger partial charge in [0.1, 0.15) is 5.54 Å². The smallest absolute Gasteiger partial charge is 0.307 e. The standard InChI is InChI=1S/C32H34N4O5/c1-32(2,31(41)33-23-16-13-21(14-17-23)19-28(37)38)34-29(39)22-15-18-27-26(20-22)30(40)36(25-11-7-4-8-12-25)35(27)24-9-5-3-6-10-24/h4,7-8,11-18,20,24H,3,5-6,9-10,19H2,1-2H3,(H,33,41)(H,34,39)(H,37,38). The molecule has 0 atom stereocenters. The van der Waals surface area contributed by atoms with Crippen molar-refractivity contribution in [3.05, 3.63) is 94.3 Å². The highest BCUT2D eigenvalue weighted by Crippen LogP contribution is 2.32. The molecule has 1 fully saturated rings. The first-order valence-corrected chi connectivity index (χ1v) is 13.9. The maximum atomic E-state index is 13.8. The third kappa shape index (κ3) is 5.94. The number of benzene rings is 3. The number of nitrogens with one attached hydrogen (secondary N) is 2. The number of hydrogen-bond acceptors (Lipinski definition) is 4. The van der Waals surface area contributed by atoms with Gasteiger partial charge in [0, 0.05) is 11.3 Å². The van der Waals surface area contributed by atoms with Gasteiger partial charge in [-0.3, -0.25) is 23.9 Å². The second kappa shape index (κ2) is 11.4. The van der Waals surface area contributed by atoms with Gasteiger partial charge in [-0.15, -0.1) is 0 Å². The number of carboxylic acids is 1. The Balaban J connectivity index is 1.40. The van der Waals surface area contributed by atoms with Gasteiger partial charge in [0.25, 0.3) is 11.5 Å². The molecule has 1 aliphatic carbocycles. The van der Waals surface area contributed by atoms with Crippen LogP contribution in [0.5, 0.6) is 0 Å². The van der Waals surface area contributed by atoms with Crippen molar-refractivity contribution < 1.29 is 19.5 Å². The zero-order valence-electron chi connectivity index (χ0n) is 23.2. The molecule has 1 heterocycles. The quantitative estimate of drug-likeness (QED) is 0.281. The summed E-state index contributed by atoms with van der Waals surface area (Å²) in [6.07, 6.45) is 5.28. The van der Waals surface area contributed by atoms with E-state index >= 15 is 0 Å². The topological polar surface area (TPSA) is 122 Å². The zero-order valence-corrected chi connectivity index (χ0v) is 23.2. The molecular weight excluding hydrogens is 520 g/mol. The normalized spacial score (nSPS) is 14.1. The first-order valence-electron chi connectivity index (χ1n) is 13.9. The molecule has 0 saturated heterocycles. The van der Waals surface area contributed by atoms with Crippen LogP contribution >= 0.6 is 0 Å². The molecule has 0 unspecified atom stereocenters. The minimum atomic E-state index is -1.27. The van der Waals surface area contributed by atoms with Crippen molar-refractivity contribution in [2.45, 2.75) is 64.0 Å². The molecule has 1 aromatic heterocycles. The molecule has 0 spiro atoms. The summed E-state index contributed by atoms with van der Waals surface area (Å²) in [4.78, 5) is 51.0. The number of aliphatic carboxylic acids is 1. The Morgan fingerprint density at radius 2 is 1.61 bits per heavy atom. The van der Waals surface area contributed by atoms with E-state index in [9.17, 15) is 19.2 Å². The SMILES string of the molecule is CC(C)(NC(=O)c1ccc2c(c1)c(=O)n(-c1ccccc1)n2C1CCCCC1)C(=O)Nc1ccc(CC(=O)O)cc1. The number of para-hydroxylation sites is 1. The van der Waals surface area contributed by atoms with Crippen molar-refractivity contribution in [3.8, 4) is 5.69 Å². The van der Waals surface area contributed by atoms with Crippen LogP contribution in [0.1, 0.15) is 67.9 Å². The number of fused-ring (bicyclic) bond motifs is 1. The van der Waals surface area contributed by atoms with E-state index in [0.29, 0.717) is 16.6 Å². The summed E-state index contributed by atoms with van der Waals surface area (Å²) in [5.74, 6) is -1.85. The number of amides is 2. The van der Waals surface area contributed by atoms with E-state index in [1.165, 1.54) is 6.42 Å². The van der Waals surface area contributed by atoms with Gasteiger partial charge in [0.15, 0.2) is 0 Å². The average molecular weight is 555 g/mol. The van der Waals surface area contributed by atoms with Crippen LogP contribution in [0.2, 0.25) is 0 Å². The Morgan fingerprint density at radius 3 is 2.27 bits per heavy atom. The molecule has 2 amide bonds. The molecule has 0 bridgehead atoms. The predicted octanol–water partition coefficient (Wildman–Crippen LogP) is 5.07. The summed E-state index contributed by atoms with van der Waals surface area (Å²) < 4.78 is 3.81. The van der Waals surface area contributed by atoms with Crippen molar-refractivity contribution >= 4 is 34.4 Å². The van der Waals surface area contributed by atoms with Gasteiger partial charge in [-0.2, -0.15) is 0 Å². The Kier molecular flexibility index (Phi) is 7.79. The number of carboxylic acid groups (broad SMARTS) is 1. The molecule has 3 aromatic carbocycles. The third-order valence-electron chi connectivity index (χ3n) is 7.63. The first-order chi connectivity index (χ1) is 19.6. The summed E-state index contributed by atoms with van der Waals surface area (Å²) in [5, 5.41) is 14.9. The van der Waals surface area contributed by atoms with Crippen LogP contribution in [-0.2, 0) is 16.0 Å². The van der Waals surface area contributed by atoms with Crippen LogP contribution in [0, 0.1) is 0 Å². The highest BCUT2D eigenvalue weighted by Gasteiger charge is 2.31. The zero-order chi connectivity index (χ0) is 29.1. The van der Waals surface area contributed by atoms with Crippen molar-refractivity contribution in [3.63, 3.8) is 0 Å². The lowest BCUT2D eigenvalue weighted by molar-refractivity contribution is -0.136. The lowest BCUT2D eigenvalue weighted by atomic mass is 9.95. The molecule has 1 saturated carbocycles. The van der Waals surface area contributed by atoms with Crippen LogP contribution in [0.15, 0.2) is 77.6 Å². The summed E-state index contributed by atoms with van der Waals surface area (Å²) >= 11 is 0. The van der Waals surface area contributed by atoms with E-state index in [-0.39, 0.29) is 23.6 Å². The van der Waals surface area contributed by atoms with Crippen molar-refractivity contribution in [1.82, 2.24) is 14.7 Å². The Bertz CT molecular complexity index is 1650. The van der Waals surface area contributed by atoms with Gasteiger partial charge < -0.3 is 15.7 Å². The van der Waals surface area contributed by atoms with E-state index in [4.69, 9.17) is 5.11 Å². The Labute approximate surface area is 237 Å². The second-order valence-corrected chi connectivity index (χ2v) is 11.1. The molecule has 9 nitrogen and oxygen atoms in total. The van der Waals surface area contributed by atoms with E-state index in [1.807, 2.05) is 36.4 Å². The fourth-order valence-electron chi connectivity index (χ4n) is 5.45. The van der Waals surface area contributed by atoms with E-state index in [0.717, 1.165) is 36.9 Å². The van der Waals surface area contributed by atoms with Crippen molar-refractivity contribution in [2.75, 3.05) is 5.32 Å². The van der Waals surface area contributed by atoms with Crippen LogP contribution < -0.4 is 16.2 Å². The van der Waals surface area contributed by atoms with Crippen LogP contribution in [0.25, 0.3) is 16.6 Å². The molecule has 212 valence electrons. The highest BCUT2D eigenvalue weighted by molar-refractivity contribution is 6.04. The lowest BCUT2D eigenvalue weighted by Gasteiger charge is -2.27. The minimum absolute atomic E-state index is 0.111. The average Bonchev–Trinajstić information content (AvgIpc) is 3.26. The Morgan fingerprint density at radius 1 is 0.927 bits per heavy atom. The third-order valence-corrected chi connectivity index (χ3v) is 7.63. The Hall–Kier alpha value is -4.66. The molecule has 4 aromatic rings. The number of carbonyl (C=O) groups is 3. The number of hydrogen-bond donors (Lipinski definition) is 3. The summed E-state index contributed by atoms with van der Waals surface area (Å²) in [6.45, 7) is 3.19. The summed E-state index contributed by atoms with van der Waals surface area (Å²) in [7, 11) is 0. The number of nitrogens with zero attached hydrogens (tertiary/aromatic N) is 2. The van der Waals surface area contributed by atoms with Crippen LogP contribution in [0.3, 0.4) is 0 Å². The monoisotopic (exact) mass is 554 g/mol. The first kappa shape index (κ1) is 27.9. The van der Waals surface area contributed by atoms with E-state index in [1.54, 1.807) is 54.9 Å².